The second-order valence-corrected chi connectivity index (χ2v) is 7.06. The van der Waals surface area contributed by atoms with Crippen LogP contribution in [0.2, 0.25) is 0 Å². The van der Waals surface area contributed by atoms with Gasteiger partial charge in [-0.05, 0) is 28.9 Å². The molecule has 0 radical (unpaired) electrons. The molecule has 1 N–H and O–H groups in total. The van der Waals surface area contributed by atoms with Gasteiger partial charge in [0.2, 0.25) is 10.0 Å². The predicted molar refractivity (Wildman–Crippen MR) is 80.7 cm³/mol. The van der Waals surface area contributed by atoms with E-state index in [0.717, 1.165) is 0 Å². The van der Waals surface area contributed by atoms with Crippen molar-refractivity contribution < 1.29 is 8.42 Å². The van der Waals surface area contributed by atoms with Crippen molar-refractivity contribution in [2.75, 3.05) is 25.5 Å². The second kappa shape index (κ2) is 7.02. The molecule has 1 heterocycles. The number of pyridine rings is 1. The van der Waals surface area contributed by atoms with Crippen molar-refractivity contribution in [1.82, 2.24) is 9.29 Å². The highest BCUT2D eigenvalue weighted by Crippen LogP contribution is 2.26. The Morgan fingerprint density at radius 3 is 2.75 bits per heavy atom. The van der Waals surface area contributed by atoms with Crippen molar-refractivity contribution in [2.24, 2.45) is 5.92 Å². The van der Waals surface area contributed by atoms with Gasteiger partial charge in [-0.15, -0.1) is 0 Å². The zero-order valence-electron chi connectivity index (χ0n) is 11.6. The number of halogens is 1. The average molecular weight is 361 g/mol. The van der Waals surface area contributed by atoms with E-state index in [-0.39, 0.29) is 23.2 Å². The van der Waals surface area contributed by atoms with E-state index in [4.69, 9.17) is 5.26 Å². The molecule has 0 aliphatic carbocycles. The molecule has 1 unspecified atom stereocenters. The summed E-state index contributed by atoms with van der Waals surface area (Å²) < 4.78 is 27.2. The van der Waals surface area contributed by atoms with Gasteiger partial charge in [-0.1, -0.05) is 6.92 Å². The SMILES string of the molecule is CCN(CC(C)C#N)S(=O)(=O)c1cc(Br)cnc1NC. The van der Waals surface area contributed by atoms with E-state index in [1.807, 2.05) is 6.07 Å². The molecular formula is C12H17BrN4O2S. The van der Waals surface area contributed by atoms with E-state index in [1.165, 1.54) is 16.6 Å². The molecule has 20 heavy (non-hydrogen) atoms. The van der Waals surface area contributed by atoms with Crippen LogP contribution in [-0.4, -0.2) is 37.8 Å². The Bertz CT molecular complexity index is 612. The minimum atomic E-state index is -3.69. The van der Waals surface area contributed by atoms with Crippen molar-refractivity contribution in [1.29, 1.82) is 5.26 Å². The molecule has 1 aromatic rings. The van der Waals surface area contributed by atoms with Gasteiger partial charge in [0.1, 0.15) is 10.7 Å². The van der Waals surface area contributed by atoms with Crippen LogP contribution in [0.4, 0.5) is 5.82 Å². The average Bonchev–Trinajstić information content (AvgIpc) is 2.44. The normalized spacial score (nSPS) is 13.0. The van der Waals surface area contributed by atoms with Crippen LogP contribution in [0.25, 0.3) is 0 Å². The van der Waals surface area contributed by atoms with E-state index in [9.17, 15) is 8.42 Å². The van der Waals surface area contributed by atoms with Crippen LogP contribution in [0.15, 0.2) is 21.6 Å². The van der Waals surface area contributed by atoms with E-state index >= 15 is 0 Å². The van der Waals surface area contributed by atoms with Crippen molar-refractivity contribution in [3.8, 4) is 6.07 Å². The summed E-state index contributed by atoms with van der Waals surface area (Å²) in [4.78, 5) is 4.15. The number of nitriles is 1. The van der Waals surface area contributed by atoms with E-state index in [0.29, 0.717) is 11.0 Å². The number of hydrogen-bond donors (Lipinski definition) is 1. The van der Waals surface area contributed by atoms with Crippen molar-refractivity contribution in [3.05, 3.63) is 16.7 Å². The third kappa shape index (κ3) is 3.69. The monoisotopic (exact) mass is 360 g/mol. The summed E-state index contributed by atoms with van der Waals surface area (Å²) in [6.45, 7) is 3.89. The smallest absolute Gasteiger partial charge is 0.246 e. The lowest BCUT2D eigenvalue weighted by atomic mass is 10.2. The largest absolute Gasteiger partial charge is 0.372 e. The minimum absolute atomic E-state index is 0.0985. The Kier molecular flexibility index (Phi) is 5.92. The molecule has 0 aliphatic rings. The molecule has 0 saturated heterocycles. The first-order chi connectivity index (χ1) is 9.36. The van der Waals surface area contributed by atoms with Gasteiger partial charge in [0, 0.05) is 30.8 Å². The molecule has 1 aromatic heterocycles. The van der Waals surface area contributed by atoms with Gasteiger partial charge < -0.3 is 5.32 Å². The zero-order valence-corrected chi connectivity index (χ0v) is 14.0. The van der Waals surface area contributed by atoms with Crippen LogP contribution in [0.3, 0.4) is 0 Å². The number of anilines is 1. The van der Waals surface area contributed by atoms with E-state index in [1.54, 1.807) is 20.9 Å². The van der Waals surface area contributed by atoms with E-state index in [2.05, 4.69) is 26.2 Å². The highest BCUT2D eigenvalue weighted by atomic mass is 79.9. The quantitative estimate of drug-likeness (QED) is 0.838. The van der Waals surface area contributed by atoms with Crippen molar-refractivity contribution in [2.45, 2.75) is 18.7 Å². The first kappa shape index (κ1) is 16.9. The molecule has 0 amide bonds. The van der Waals surface area contributed by atoms with Gasteiger partial charge in [-0.25, -0.2) is 13.4 Å². The number of nitrogens with one attached hydrogen (secondary N) is 1. The minimum Gasteiger partial charge on any atom is -0.372 e. The maximum absolute atomic E-state index is 12.7. The summed E-state index contributed by atoms with van der Waals surface area (Å²) in [5.41, 5.74) is 0. The summed E-state index contributed by atoms with van der Waals surface area (Å²) in [6, 6.07) is 3.55. The molecule has 0 spiro atoms. The maximum Gasteiger partial charge on any atom is 0.246 e. The number of sulfonamides is 1. The third-order valence-electron chi connectivity index (χ3n) is 2.72. The molecule has 110 valence electrons. The van der Waals surface area contributed by atoms with Gasteiger partial charge >= 0.3 is 0 Å². The topological polar surface area (TPSA) is 86.1 Å². The molecule has 0 aromatic carbocycles. The van der Waals surface area contributed by atoms with Gasteiger partial charge in [0.05, 0.1) is 12.0 Å². The Labute approximate surface area is 128 Å². The molecule has 1 atom stereocenters. The summed E-state index contributed by atoms with van der Waals surface area (Å²) in [6.07, 6.45) is 1.53. The Morgan fingerprint density at radius 2 is 2.25 bits per heavy atom. The Hall–Kier alpha value is -1.17. The molecule has 0 aliphatic heterocycles. The fraction of sp³-hybridized carbons (Fsp3) is 0.500. The van der Waals surface area contributed by atoms with Crippen LogP contribution in [-0.2, 0) is 10.0 Å². The maximum atomic E-state index is 12.7. The highest BCUT2D eigenvalue weighted by Gasteiger charge is 2.28. The summed E-state index contributed by atoms with van der Waals surface area (Å²) in [7, 11) is -2.08. The molecule has 1 rings (SSSR count). The van der Waals surface area contributed by atoms with Crippen LogP contribution >= 0.6 is 15.9 Å². The first-order valence-corrected chi connectivity index (χ1v) is 8.33. The Balaban J connectivity index is 3.27. The van der Waals surface area contributed by atoms with Crippen molar-refractivity contribution in [3.63, 3.8) is 0 Å². The lowest BCUT2D eigenvalue weighted by Gasteiger charge is -2.22. The number of hydrogen-bond acceptors (Lipinski definition) is 5. The van der Waals surface area contributed by atoms with Crippen LogP contribution < -0.4 is 5.32 Å². The number of nitrogens with zero attached hydrogens (tertiary/aromatic N) is 3. The van der Waals surface area contributed by atoms with Crippen LogP contribution in [0, 0.1) is 17.2 Å². The van der Waals surface area contributed by atoms with Crippen molar-refractivity contribution >= 4 is 31.8 Å². The van der Waals surface area contributed by atoms with Gasteiger partial charge in [0.15, 0.2) is 0 Å². The lowest BCUT2D eigenvalue weighted by Crippen LogP contribution is -2.34. The summed E-state index contributed by atoms with van der Waals surface area (Å²) >= 11 is 3.23. The summed E-state index contributed by atoms with van der Waals surface area (Å²) in [5, 5.41) is 11.6. The number of rotatable bonds is 6. The molecule has 0 fully saturated rings. The highest BCUT2D eigenvalue weighted by molar-refractivity contribution is 9.10. The van der Waals surface area contributed by atoms with Gasteiger partial charge in [-0.2, -0.15) is 9.57 Å². The molecular weight excluding hydrogens is 344 g/mol. The zero-order chi connectivity index (χ0) is 15.3. The number of aromatic nitrogens is 1. The first-order valence-electron chi connectivity index (χ1n) is 6.09. The molecule has 0 bridgehead atoms. The summed E-state index contributed by atoms with van der Waals surface area (Å²) in [5.74, 6) is -0.0841. The molecule has 0 saturated carbocycles. The standard InChI is InChI=1S/C12H17BrN4O2S/c1-4-17(8-9(2)6-14)20(18,19)11-5-10(13)7-16-12(11)15-3/h5,7,9H,4,8H2,1-3H3,(H,15,16). The molecule has 8 heteroatoms. The fourth-order valence-corrected chi connectivity index (χ4v) is 3.88. The third-order valence-corrected chi connectivity index (χ3v) is 5.11. The van der Waals surface area contributed by atoms with Crippen LogP contribution in [0.5, 0.6) is 0 Å². The predicted octanol–water partition coefficient (Wildman–Crippen LogP) is 2.06. The van der Waals surface area contributed by atoms with Gasteiger partial charge in [0.25, 0.3) is 0 Å². The van der Waals surface area contributed by atoms with Crippen LogP contribution in [0.1, 0.15) is 13.8 Å². The second-order valence-electron chi connectivity index (χ2n) is 4.24. The molecule has 6 nitrogen and oxygen atoms in total. The van der Waals surface area contributed by atoms with E-state index < -0.39 is 10.0 Å². The fourth-order valence-electron chi connectivity index (χ4n) is 1.69. The van der Waals surface area contributed by atoms with Gasteiger partial charge in [-0.3, -0.25) is 0 Å². The lowest BCUT2D eigenvalue weighted by molar-refractivity contribution is 0.400. The Morgan fingerprint density at radius 1 is 1.60 bits per heavy atom.